The van der Waals surface area contributed by atoms with E-state index in [2.05, 4.69) is 0 Å². The van der Waals surface area contributed by atoms with Crippen LogP contribution in [0.5, 0.6) is 0 Å². The van der Waals surface area contributed by atoms with E-state index in [9.17, 15) is 24.6 Å². The number of rotatable bonds is 5. The Morgan fingerprint density at radius 3 is 2.60 bits per heavy atom. The molecule has 3 heterocycles. The highest BCUT2D eigenvalue weighted by atomic mass is 32.2. The van der Waals surface area contributed by atoms with Gasteiger partial charge in [-0.05, 0) is 20.3 Å². The van der Waals surface area contributed by atoms with Crippen LogP contribution in [0.1, 0.15) is 26.7 Å². The second kappa shape index (κ2) is 6.62. The summed E-state index contributed by atoms with van der Waals surface area (Å²) in [5.41, 5.74) is 5.67. The van der Waals surface area contributed by atoms with Gasteiger partial charge in [-0.15, -0.1) is 11.8 Å². The van der Waals surface area contributed by atoms with Crippen LogP contribution in [-0.2, 0) is 14.4 Å². The maximum atomic E-state index is 12.2. The molecule has 0 aliphatic carbocycles. The summed E-state index contributed by atoms with van der Waals surface area (Å²) in [6.07, 6.45) is 0.419. The highest BCUT2D eigenvalue weighted by Crippen LogP contribution is 2.48. The minimum absolute atomic E-state index is 0.0360. The van der Waals surface area contributed by atoms with E-state index in [4.69, 9.17) is 5.73 Å². The normalized spacial score (nSPS) is 31.0. The van der Waals surface area contributed by atoms with Crippen molar-refractivity contribution >= 4 is 29.5 Å². The molecule has 5 atom stereocenters. The van der Waals surface area contributed by atoms with Gasteiger partial charge in [0.2, 0.25) is 11.8 Å². The van der Waals surface area contributed by atoms with Crippen LogP contribution >= 0.6 is 11.8 Å². The molecule has 0 spiro atoms. The van der Waals surface area contributed by atoms with Crippen molar-refractivity contribution in [3.8, 4) is 0 Å². The van der Waals surface area contributed by atoms with Gasteiger partial charge >= 0.3 is 5.97 Å². The van der Waals surface area contributed by atoms with Crippen molar-refractivity contribution in [2.24, 2.45) is 11.7 Å². The standard InChI is InChI=1S/C16H23N3O5S/c1-7(17)14(21)18-4-3-9(6-18)25-11-5-10-12(8(2)20)15(22)19(10)13(11)16(23)24/h7-10,12,20H,3-6,17H2,1-2H3,(H,23,24)/t7?,8?,9?,10-,12?/m1/s1. The largest absolute Gasteiger partial charge is 0.477 e. The number of carboxylic acids is 1. The Kier molecular flexibility index (Phi) is 4.82. The third-order valence-corrected chi connectivity index (χ3v) is 6.41. The van der Waals surface area contributed by atoms with Gasteiger partial charge in [-0.2, -0.15) is 0 Å². The molecule has 0 radical (unpaired) electrons. The number of carbonyl (C=O) groups is 3. The Labute approximate surface area is 150 Å². The number of carboxylic acid groups (broad SMARTS) is 1. The molecular formula is C16H23N3O5S. The number of fused-ring (bicyclic) bond motifs is 1. The summed E-state index contributed by atoms with van der Waals surface area (Å²) in [5, 5.41) is 19.4. The lowest BCUT2D eigenvalue weighted by molar-refractivity contribution is -0.161. The third-order valence-electron chi connectivity index (χ3n) is 5.05. The number of nitrogens with two attached hydrogens (primary N) is 1. The lowest BCUT2D eigenvalue weighted by Gasteiger charge is -2.44. The van der Waals surface area contributed by atoms with Crippen LogP contribution in [0.2, 0.25) is 0 Å². The first-order chi connectivity index (χ1) is 11.7. The molecule has 8 nitrogen and oxygen atoms in total. The van der Waals surface area contributed by atoms with Gasteiger partial charge < -0.3 is 25.7 Å². The number of thioether (sulfide) groups is 1. The summed E-state index contributed by atoms with van der Waals surface area (Å²) in [6, 6.07) is -0.820. The average Bonchev–Trinajstić information content (AvgIpc) is 3.09. The molecule has 25 heavy (non-hydrogen) atoms. The molecule has 3 aliphatic rings. The second-order valence-corrected chi connectivity index (χ2v) is 8.32. The predicted octanol–water partition coefficient (Wildman–Crippen LogP) is -0.425. The maximum absolute atomic E-state index is 12.2. The van der Waals surface area contributed by atoms with E-state index < -0.39 is 24.0 Å². The molecule has 9 heteroatoms. The van der Waals surface area contributed by atoms with Gasteiger partial charge in [0.25, 0.3) is 0 Å². The van der Waals surface area contributed by atoms with Crippen molar-refractivity contribution in [1.29, 1.82) is 0 Å². The van der Waals surface area contributed by atoms with Crippen molar-refractivity contribution in [3.63, 3.8) is 0 Å². The fourth-order valence-corrected chi connectivity index (χ4v) is 5.29. The molecule has 138 valence electrons. The van der Waals surface area contributed by atoms with E-state index in [1.54, 1.807) is 18.7 Å². The zero-order valence-electron chi connectivity index (χ0n) is 14.2. The average molecular weight is 369 g/mol. The summed E-state index contributed by atoms with van der Waals surface area (Å²) >= 11 is 1.44. The van der Waals surface area contributed by atoms with E-state index in [-0.39, 0.29) is 28.8 Å². The van der Waals surface area contributed by atoms with Crippen LogP contribution in [0, 0.1) is 5.92 Å². The number of hydrogen-bond acceptors (Lipinski definition) is 6. The number of aliphatic hydroxyl groups is 1. The molecule has 0 aromatic heterocycles. The van der Waals surface area contributed by atoms with Gasteiger partial charge in [-0.1, -0.05) is 0 Å². The van der Waals surface area contributed by atoms with E-state index in [0.29, 0.717) is 24.4 Å². The minimum atomic E-state index is -1.12. The van der Waals surface area contributed by atoms with Crippen LogP contribution < -0.4 is 5.73 Å². The Morgan fingerprint density at radius 1 is 1.36 bits per heavy atom. The number of aliphatic hydroxyl groups excluding tert-OH is 1. The number of nitrogens with zero attached hydrogens (tertiary/aromatic N) is 2. The number of aliphatic carboxylic acids is 1. The van der Waals surface area contributed by atoms with Crippen molar-refractivity contribution in [3.05, 3.63) is 10.6 Å². The fourth-order valence-electron chi connectivity index (χ4n) is 3.85. The van der Waals surface area contributed by atoms with E-state index >= 15 is 0 Å². The Balaban J connectivity index is 1.71. The lowest BCUT2D eigenvalue weighted by Crippen LogP contribution is -2.61. The van der Waals surface area contributed by atoms with E-state index in [1.807, 2.05) is 0 Å². The van der Waals surface area contributed by atoms with Gasteiger partial charge in [0.1, 0.15) is 5.70 Å². The number of β-lactam (4-membered cyclic amide) rings is 1. The van der Waals surface area contributed by atoms with Gasteiger partial charge in [-0.3, -0.25) is 9.59 Å². The van der Waals surface area contributed by atoms with Gasteiger partial charge in [-0.25, -0.2) is 4.79 Å². The molecule has 0 aromatic carbocycles. The molecule has 4 N–H and O–H groups in total. The number of likely N-dealkylation sites (tertiary alicyclic amines) is 1. The van der Waals surface area contributed by atoms with E-state index in [1.165, 1.54) is 16.7 Å². The highest BCUT2D eigenvalue weighted by Gasteiger charge is 2.57. The summed E-state index contributed by atoms with van der Waals surface area (Å²) in [4.78, 5) is 39.5. The quantitative estimate of drug-likeness (QED) is 0.562. The second-order valence-electron chi connectivity index (χ2n) is 6.92. The first-order valence-electron chi connectivity index (χ1n) is 8.41. The molecule has 0 saturated carbocycles. The molecule has 0 aromatic rings. The van der Waals surface area contributed by atoms with Crippen LogP contribution in [0.15, 0.2) is 10.6 Å². The lowest BCUT2D eigenvalue weighted by atomic mass is 9.83. The molecule has 4 unspecified atom stereocenters. The molecule has 2 fully saturated rings. The maximum Gasteiger partial charge on any atom is 0.353 e. The monoisotopic (exact) mass is 369 g/mol. The van der Waals surface area contributed by atoms with Gasteiger partial charge in [0.15, 0.2) is 0 Å². The van der Waals surface area contributed by atoms with Gasteiger partial charge in [0.05, 0.1) is 24.1 Å². The van der Waals surface area contributed by atoms with Crippen LogP contribution in [0.4, 0.5) is 0 Å². The molecule has 0 bridgehead atoms. The van der Waals surface area contributed by atoms with Gasteiger partial charge in [0, 0.05) is 29.7 Å². The van der Waals surface area contributed by atoms with Crippen LogP contribution in [-0.4, -0.2) is 74.3 Å². The molecule has 3 aliphatic heterocycles. The van der Waals surface area contributed by atoms with E-state index in [0.717, 1.165) is 6.42 Å². The van der Waals surface area contributed by atoms with Crippen LogP contribution in [0.3, 0.4) is 0 Å². The van der Waals surface area contributed by atoms with Crippen molar-refractivity contribution < 1.29 is 24.6 Å². The summed E-state index contributed by atoms with van der Waals surface area (Å²) < 4.78 is 0. The topological polar surface area (TPSA) is 124 Å². The minimum Gasteiger partial charge on any atom is -0.477 e. The zero-order valence-corrected chi connectivity index (χ0v) is 15.0. The Bertz CT molecular complexity index is 648. The smallest absolute Gasteiger partial charge is 0.353 e. The summed E-state index contributed by atoms with van der Waals surface area (Å²) in [5.74, 6) is -2.08. The molecular weight excluding hydrogens is 346 g/mol. The Morgan fingerprint density at radius 2 is 2.04 bits per heavy atom. The Hall–Kier alpha value is -1.58. The van der Waals surface area contributed by atoms with Crippen molar-refractivity contribution in [1.82, 2.24) is 9.80 Å². The number of amides is 2. The molecule has 2 amide bonds. The summed E-state index contributed by atoms with van der Waals surface area (Å²) in [7, 11) is 0. The fraction of sp³-hybridized carbons (Fsp3) is 0.688. The SMILES string of the molecule is CC(N)C(=O)N1CCC(SC2=C(C(=O)O)N3C(=O)C(C(C)O)[C@H]3C2)C1. The first kappa shape index (κ1) is 18.2. The van der Waals surface area contributed by atoms with Crippen molar-refractivity contribution in [2.75, 3.05) is 13.1 Å². The van der Waals surface area contributed by atoms with Crippen molar-refractivity contribution in [2.45, 2.75) is 50.1 Å². The summed E-state index contributed by atoms with van der Waals surface area (Å²) in [6.45, 7) is 4.34. The first-order valence-corrected chi connectivity index (χ1v) is 9.29. The highest BCUT2D eigenvalue weighted by molar-refractivity contribution is 8.03. The zero-order chi connectivity index (χ0) is 18.5. The number of carbonyl (C=O) groups excluding carboxylic acids is 2. The molecule has 3 rings (SSSR count). The number of hydrogen-bond donors (Lipinski definition) is 3. The van der Waals surface area contributed by atoms with Crippen LogP contribution in [0.25, 0.3) is 0 Å². The third kappa shape index (κ3) is 3.04. The molecule has 2 saturated heterocycles. The predicted molar refractivity (Wildman–Crippen MR) is 91.3 cm³/mol.